The molecule has 70 valence electrons. The van der Waals surface area contributed by atoms with Crippen molar-refractivity contribution in [3.63, 3.8) is 0 Å². The van der Waals surface area contributed by atoms with E-state index in [0.29, 0.717) is 6.42 Å². The summed E-state index contributed by atoms with van der Waals surface area (Å²) in [4.78, 5) is 0. The van der Waals surface area contributed by atoms with Crippen molar-refractivity contribution >= 4 is 0 Å². The number of hydrogen-bond donors (Lipinski definition) is 1. The fraction of sp³-hybridized carbons (Fsp3) is 0.231. The SMILES string of the molecule is Cc1ccc(C#CC#CCCO)cc1. The highest BCUT2D eigenvalue weighted by Crippen LogP contribution is 2.00. The Balaban J connectivity index is 2.61. The summed E-state index contributed by atoms with van der Waals surface area (Å²) in [7, 11) is 0. The molecule has 1 aromatic rings. The van der Waals surface area contributed by atoms with Crippen molar-refractivity contribution in [2.45, 2.75) is 13.3 Å². The molecule has 0 heterocycles. The average Bonchev–Trinajstić information content (AvgIpc) is 2.21. The fourth-order valence-corrected chi connectivity index (χ4v) is 0.903. The lowest BCUT2D eigenvalue weighted by Crippen LogP contribution is -1.75. The first kappa shape index (κ1) is 10.4. The van der Waals surface area contributed by atoms with Gasteiger partial charge in [0, 0.05) is 12.0 Å². The second kappa shape index (κ2) is 5.86. The van der Waals surface area contributed by atoms with Gasteiger partial charge in [-0.3, -0.25) is 0 Å². The van der Waals surface area contributed by atoms with E-state index in [-0.39, 0.29) is 6.61 Å². The van der Waals surface area contributed by atoms with E-state index in [1.165, 1.54) is 5.56 Å². The Kier molecular flexibility index (Phi) is 4.35. The van der Waals surface area contributed by atoms with Gasteiger partial charge in [0.2, 0.25) is 0 Å². The number of rotatable bonds is 1. The zero-order valence-electron chi connectivity index (χ0n) is 8.17. The van der Waals surface area contributed by atoms with E-state index >= 15 is 0 Å². The van der Waals surface area contributed by atoms with Crippen LogP contribution in [0.25, 0.3) is 0 Å². The van der Waals surface area contributed by atoms with Crippen molar-refractivity contribution in [3.8, 4) is 23.7 Å². The first-order chi connectivity index (χ1) is 6.83. The van der Waals surface area contributed by atoms with Crippen molar-refractivity contribution in [3.05, 3.63) is 35.4 Å². The van der Waals surface area contributed by atoms with Gasteiger partial charge in [-0.1, -0.05) is 29.5 Å². The third-order valence-electron chi connectivity index (χ3n) is 1.65. The van der Waals surface area contributed by atoms with Crippen LogP contribution in [0.4, 0.5) is 0 Å². The van der Waals surface area contributed by atoms with Gasteiger partial charge in [0.1, 0.15) is 0 Å². The summed E-state index contributed by atoms with van der Waals surface area (Å²) in [6.07, 6.45) is 0.489. The van der Waals surface area contributed by atoms with Gasteiger partial charge in [-0.15, -0.1) is 0 Å². The molecule has 0 aliphatic rings. The molecule has 0 bridgehead atoms. The molecular formula is C13H12O. The Morgan fingerprint density at radius 3 is 2.50 bits per heavy atom. The predicted octanol–water partition coefficient (Wildman–Crippen LogP) is 1.73. The molecule has 1 rings (SSSR count). The van der Waals surface area contributed by atoms with Gasteiger partial charge in [-0.2, -0.15) is 0 Å². The second-order valence-electron chi connectivity index (χ2n) is 2.89. The minimum Gasteiger partial charge on any atom is -0.395 e. The molecule has 1 nitrogen and oxygen atoms in total. The summed E-state index contributed by atoms with van der Waals surface area (Å²) >= 11 is 0. The highest BCUT2D eigenvalue weighted by atomic mass is 16.2. The monoisotopic (exact) mass is 184 g/mol. The van der Waals surface area contributed by atoms with Crippen molar-refractivity contribution in [1.82, 2.24) is 0 Å². The van der Waals surface area contributed by atoms with Crippen molar-refractivity contribution in [1.29, 1.82) is 0 Å². The van der Waals surface area contributed by atoms with Gasteiger partial charge < -0.3 is 5.11 Å². The number of hydrogen-bond acceptors (Lipinski definition) is 1. The molecule has 1 aromatic carbocycles. The largest absolute Gasteiger partial charge is 0.395 e. The van der Waals surface area contributed by atoms with E-state index < -0.39 is 0 Å². The highest BCUT2D eigenvalue weighted by molar-refractivity contribution is 5.40. The molecule has 14 heavy (non-hydrogen) atoms. The summed E-state index contributed by atoms with van der Waals surface area (Å²) in [5.74, 6) is 11.1. The topological polar surface area (TPSA) is 20.2 Å². The van der Waals surface area contributed by atoms with Crippen LogP contribution in [0, 0.1) is 30.6 Å². The lowest BCUT2D eigenvalue weighted by atomic mass is 10.2. The lowest BCUT2D eigenvalue weighted by molar-refractivity contribution is 0.305. The maximum Gasteiger partial charge on any atom is 0.0540 e. The maximum absolute atomic E-state index is 8.46. The molecule has 0 atom stereocenters. The van der Waals surface area contributed by atoms with Gasteiger partial charge in [-0.25, -0.2) is 0 Å². The molecule has 1 N–H and O–H groups in total. The number of aryl methyl sites for hydroxylation is 1. The number of aliphatic hydroxyl groups excluding tert-OH is 1. The molecule has 0 saturated carbocycles. The summed E-state index contributed by atoms with van der Waals surface area (Å²) < 4.78 is 0. The summed E-state index contributed by atoms with van der Waals surface area (Å²) in [5.41, 5.74) is 2.19. The van der Waals surface area contributed by atoms with E-state index in [2.05, 4.69) is 23.7 Å². The van der Waals surface area contributed by atoms with Crippen LogP contribution in [-0.4, -0.2) is 11.7 Å². The molecular weight excluding hydrogens is 172 g/mol. The van der Waals surface area contributed by atoms with Crippen molar-refractivity contribution < 1.29 is 5.11 Å². The van der Waals surface area contributed by atoms with Crippen LogP contribution >= 0.6 is 0 Å². The molecule has 0 aliphatic heterocycles. The van der Waals surface area contributed by atoms with Crippen LogP contribution in [0.3, 0.4) is 0 Å². The average molecular weight is 184 g/mol. The summed E-state index contributed by atoms with van der Waals surface area (Å²) in [6.45, 7) is 2.14. The molecule has 1 heteroatoms. The minimum absolute atomic E-state index is 0.0964. The van der Waals surface area contributed by atoms with Crippen LogP contribution in [0.2, 0.25) is 0 Å². The van der Waals surface area contributed by atoms with Crippen LogP contribution in [0.15, 0.2) is 24.3 Å². The Hall–Kier alpha value is -1.70. The fourth-order valence-electron chi connectivity index (χ4n) is 0.903. The molecule has 0 aliphatic carbocycles. The van der Waals surface area contributed by atoms with Gasteiger partial charge in [0.05, 0.1) is 6.61 Å². The molecule has 0 spiro atoms. The van der Waals surface area contributed by atoms with E-state index in [1.807, 2.05) is 31.2 Å². The van der Waals surface area contributed by atoms with Gasteiger partial charge >= 0.3 is 0 Å². The van der Waals surface area contributed by atoms with E-state index in [1.54, 1.807) is 0 Å². The summed E-state index contributed by atoms with van der Waals surface area (Å²) in [6, 6.07) is 7.97. The zero-order chi connectivity index (χ0) is 10.2. The van der Waals surface area contributed by atoms with Crippen LogP contribution in [-0.2, 0) is 0 Å². The number of aliphatic hydroxyl groups is 1. The summed E-state index contributed by atoms with van der Waals surface area (Å²) in [5, 5.41) is 8.46. The first-order valence-corrected chi connectivity index (χ1v) is 4.49. The molecule has 0 radical (unpaired) electrons. The molecule has 0 saturated heterocycles. The Labute approximate surface area is 84.8 Å². The molecule has 0 fully saturated rings. The minimum atomic E-state index is 0.0964. The standard InChI is InChI=1S/C13H12O/c1-12-7-9-13(10-8-12)6-4-2-3-5-11-14/h7-10,14H,5,11H2,1H3. The van der Waals surface area contributed by atoms with Gasteiger partial charge in [0.25, 0.3) is 0 Å². The Morgan fingerprint density at radius 1 is 1.14 bits per heavy atom. The third kappa shape index (κ3) is 3.81. The molecule has 0 unspecified atom stereocenters. The third-order valence-corrected chi connectivity index (χ3v) is 1.65. The Bertz CT molecular complexity index is 393. The molecule has 0 aromatic heterocycles. The smallest absolute Gasteiger partial charge is 0.0540 e. The normalized spacial score (nSPS) is 8.14. The van der Waals surface area contributed by atoms with Crippen molar-refractivity contribution in [2.75, 3.05) is 6.61 Å². The zero-order valence-corrected chi connectivity index (χ0v) is 8.17. The second-order valence-corrected chi connectivity index (χ2v) is 2.89. The first-order valence-electron chi connectivity index (χ1n) is 4.49. The van der Waals surface area contributed by atoms with E-state index in [0.717, 1.165) is 5.56 Å². The number of benzene rings is 1. The van der Waals surface area contributed by atoms with Crippen LogP contribution in [0.1, 0.15) is 17.5 Å². The van der Waals surface area contributed by atoms with E-state index in [4.69, 9.17) is 5.11 Å². The molecule has 0 amide bonds. The van der Waals surface area contributed by atoms with Crippen molar-refractivity contribution in [2.24, 2.45) is 0 Å². The van der Waals surface area contributed by atoms with E-state index in [9.17, 15) is 0 Å². The van der Waals surface area contributed by atoms with Crippen LogP contribution < -0.4 is 0 Å². The highest BCUT2D eigenvalue weighted by Gasteiger charge is 1.84. The van der Waals surface area contributed by atoms with Gasteiger partial charge in [0.15, 0.2) is 0 Å². The quantitative estimate of drug-likeness (QED) is 0.659. The predicted molar refractivity (Wildman–Crippen MR) is 57.5 cm³/mol. The lowest BCUT2D eigenvalue weighted by Gasteiger charge is -1.90. The van der Waals surface area contributed by atoms with Gasteiger partial charge in [-0.05, 0) is 30.9 Å². The Morgan fingerprint density at radius 2 is 1.86 bits per heavy atom. The maximum atomic E-state index is 8.46. The van der Waals surface area contributed by atoms with Crippen LogP contribution in [0.5, 0.6) is 0 Å².